The summed E-state index contributed by atoms with van der Waals surface area (Å²) in [6.45, 7) is 1.06. The van der Waals surface area contributed by atoms with Crippen LogP contribution in [0.1, 0.15) is 5.56 Å². The molecule has 0 saturated carbocycles. The number of ether oxygens (including phenoxy) is 1. The van der Waals surface area contributed by atoms with Crippen LogP contribution in [-0.4, -0.2) is 53.7 Å². The summed E-state index contributed by atoms with van der Waals surface area (Å²) in [7, 11) is 1.45. The fourth-order valence-corrected chi connectivity index (χ4v) is 3.68. The Kier molecular flexibility index (Phi) is 6.48. The van der Waals surface area contributed by atoms with E-state index < -0.39 is 11.7 Å². The van der Waals surface area contributed by atoms with Gasteiger partial charge in [-0.2, -0.15) is 13.2 Å². The monoisotopic (exact) mass is 477 g/mol. The lowest BCUT2D eigenvalue weighted by molar-refractivity contribution is -0.137. The highest BCUT2D eigenvalue weighted by Crippen LogP contribution is 2.36. The number of carbonyl (C=O) groups is 1. The summed E-state index contributed by atoms with van der Waals surface area (Å²) in [6, 6.07) is 6.36. The molecule has 3 heterocycles. The van der Waals surface area contributed by atoms with Crippen LogP contribution in [0, 0.1) is 0 Å². The summed E-state index contributed by atoms with van der Waals surface area (Å²) >= 11 is 6.34. The van der Waals surface area contributed by atoms with E-state index >= 15 is 0 Å². The molecule has 172 valence electrons. The maximum Gasteiger partial charge on any atom is 0.416 e. The molecule has 0 aliphatic carbocycles. The number of carbonyl (C=O) groups excluding carboxylic acids is 1. The zero-order valence-electron chi connectivity index (χ0n) is 17.4. The Morgan fingerprint density at radius 1 is 1.18 bits per heavy atom. The standard InChI is InChI=1S/C22H19ClF3N5O2/c1-33-12-19(32)29-15-10-31(11-15)18-9-28-20(13-2-4-14(5-3-13)22(24,25)26)21(30-18)16-6-7-27-8-17(16)23/h2-9,15H,10-12H2,1H3,(H,29,32). The van der Waals surface area contributed by atoms with E-state index in [0.717, 1.165) is 12.1 Å². The Bertz CT molecular complexity index is 1150. The second-order valence-corrected chi connectivity index (χ2v) is 7.87. The molecule has 0 bridgehead atoms. The molecule has 4 rings (SSSR count). The average molecular weight is 478 g/mol. The van der Waals surface area contributed by atoms with Gasteiger partial charge < -0.3 is 15.0 Å². The van der Waals surface area contributed by atoms with Gasteiger partial charge in [-0.05, 0) is 18.2 Å². The van der Waals surface area contributed by atoms with Crippen molar-refractivity contribution in [1.29, 1.82) is 0 Å². The maximum absolute atomic E-state index is 13.0. The summed E-state index contributed by atoms with van der Waals surface area (Å²) in [5, 5.41) is 3.19. The zero-order valence-corrected chi connectivity index (χ0v) is 18.2. The maximum atomic E-state index is 13.0. The minimum Gasteiger partial charge on any atom is -0.375 e. The molecular weight excluding hydrogens is 459 g/mol. The summed E-state index contributed by atoms with van der Waals surface area (Å²) in [4.78, 5) is 26.8. The van der Waals surface area contributed by atoms with E-state index in [1.165, 1.54) is 25.4 Å². The van der Waals surface area contributed by atoms with Crippen molar-refractivity contribution in [3.8, 4) is 22.5 Å². The van der Waals surface area contributed by atoms with Gasteiger partial charge in [0.2, 0.25) is 5.91 Å². The number of nitrogens with one attached hydrogen (secondary N) is 1. The van der Waals surface area contributed by atoms with Crippen molar-refractivity contribution in [2.45, 2.75) is 12.2 Å². The van der Waals surface area contributed by atoms with Crippen LogP contribution in [0.15, 0.2) is 48.9 Å². The molecule has 1 amide bonds. The summed E-state index contributed by atoms with van der Waals surface area (Å²) < 4.78 is 43.7. The van der Waals surface area contributed by atoms with E-state index in [4.69, 9.17) is 21.3 Å². The van der Waals surface area contributed by atoms with Gasteiger partial charge in [0.25, 0.3) is 0 Å². The number of alkyl halides is 3. The largest absolute Gasteiger partial charge is 0.416 e. The van der Waals surface area contributed by atoms with E-state index in [-0.39, 0.29) is 18.6 Å². The molecule has 0 unspecified atom stereocenters. The first-order valence-electron chi connectivity index (χ1n) is 9.94. The number of benzene rings is 1. The second kappa shape index (κ2) is 9.32. The third kappa shape index (κ3) is 5.07. The number of methoxy groups -OCH3 is 1. The quantitative estimate of drug-likeness (QED) is 0.581. The third-order valence-corrected chi connectivity index (χ3v) is 5.42. The highest BCUT2D eigenvalue weighted by atomic mass is 35.5. The number of anilines is 1. The molecule has 2 aromatic heterocycles. The van der Waals surface area contributed by atoms with Gasteiger partial charge in [0.05, 0.1) is 28.5 Å². The summed E-state index contributed by atoms with van der Waals surface area (Å²) in [5.74, 6) is 0.362. The van der Waals surface area contributed by atoms with E-state index in [1.54, 1.807) is 18.5 Å². The van der Waals surface area contributed by atoms with Crippen LogP contribution in [0.25, 0.3) is 22.5 Å². The highest BCUT2D eigenvalue weighted by molar-refractivity contribution is 6.33. The number of rotatable bonds is 6. The fraction of sp³-hybridized carbons (Fsp3) is 0.273. The Hall–Kier alpha value is -3.24. The van der Waals surface area contributed by atoms with Gasteiger partial charge in [0, 0.05) is 43.7 Å². The molecule has 1 aromatic carbocycles. The Balaban J connectivity index is 1.65. The predicted molar refractivity (Wildman–Crippen MR) is 117 cm³/mol. The number of pyridine rings is 1. The lowest BCUT2D eigenvalue weighted by Gasteiger charge is -2.40. The van der Waals surface area contributed by atoms with Gasteiger partial charge >= 0.3 is 6.18 Å². The van der Waals surface area contributed by atoms with Crippen LogP contribution in [0.3, 0.4) is 0 Å². The molecule has 1 aliphatic rings. The Labute approximate surface area is 192 Å². The van der Waals surface area contributed by atoms with Crippen molar-refractivity contribution in [2.75, 3.05) is 31.7 Å². The van der Waals surface area contributed by atoms with Gasteiger partial charge in [-0.1, -0.05) is 23.7 Å². The predicted octanol–water partition coefficient (Wildman–Crippen LogP) is 3.83. The number of nitrogens with zero attached hydrogens (tertiary/aromatic N) is 4. The molecule has 33 heavy (non-hydrogen) atoms. The number of hydrogen-bond donors (Lipinski definition) is 1. The summed E-state index contributed by atoms with van der Waals surface area (Å²) in [5.41, 5.74) is 1.10. The lowest BCUT2D eigenvalue weighted by atomic mass is 10.0. The minimum atomic E-state index is -4.43. The van der Waals surface area contributed by atoms with E-state index in [1.807, 2.05) is 4.90 Å². The molecule has 3 aromatic rings. The van der Waals surface area contributed by atoms with Crippen molar-refractivity contribution >= 4 is 23.3 Å². The van der Waals surface area contributed by atoms with Crippen molar-refractivity contribution in [3.05, 3.63) is 59.5 Å². The minimum absolute atomic E-state index is 0.0111. The normalized spacial score (nSPS) is 14.2. The molecule has 0 radical (unpaired) electrons. The molecular formula is C22H19ClF3N5O2. The van der Waals surface area contributed by atoms with Crippen LogP contribution < -0.4 is 10.2 Å². The van der Waals surface area contributed by atoms with Gasteiger partial charge in [-0.3, -0.25) is 14.8 Å². The molecule has 1 fully saturated rings. The molecule has 1 aliphatic heterocycles. The number of halogens is 4. The Morgan fingerprint density at radius 3 is 2.55 bits per heavy atom. The molecule has 7 nitrogen and oxygen atoms in total. The molecule has 1 N–H and O–H groups in total. The van der Waals surface area contributed by atoms with Crippen LogP contribution >= 0.6 is 11.6 Å². The van der Waals surface area contributed by atoms with Gasteiger partial charge in [0.1, 0.15) is 18.1 Å². The first-order valence-corrected chi connectivity index (χ1v) is 10.3. The molecule has 0 spiro atoms. The second-order valence-electron chi connectivity index (χ2n) is 7.46. The molecule has 0 atom stereocenters. The van der Waals surface area contributed by atoms with Crippen molar-refractivity contribution in [1.82, 2.24) is 20.3 Å². The van der Waals surface area contributed by atoms with Crippen molar-refractivity contribution < 1.29 is 22.7 Å². The van der Waals surface area contributed by atoms with Crippen LogP contribution in [-0.2, 0) is 15.7 Å². The van der Waals surface area contributed by atoms with E-state index in [9.17, 15) is 18.0 Å². The molecule has 1 saturated heterocycles. The smallest absolute Gasteiger partial charge is 0.375 e. The van der Waals surface area contributed by atoms with E-state index in [2.05, 4.69) is 15.3 Å². The number of aromatic nitrogens is 3. The van der Waals surface area contributed by atoms with Crippen molar-refractivity contribution in [2.24, 2.45) is 0 Å². The number of amides is 1. The first kappa shape index (κ1) is 22.9. The zero-order chi connectivity index (χ0) is 23.6. The average Bonchev–Trinajstić information content (AvgIpc) is 2.76. The van der Waals surface area contributed by atoms with Crippen LogP contribution in [0.5, 0.6) is 0 Å². The van der Waals surface area contributed by atoms with Gasteiger partial charge in [-0.25, -0.2) is 4.98 Å². The summed E-state index contributed by atoms with van der Waals surface area (Å²) in [6.07, 6.45) is 0.140. The first-order chi connectivity index (χ1) is 15.8. The highest BCUT2D eigenvalue weighted by Gasteiger charge is 2.31. The van der Waals surface area contributed by atoms with Gasteiger partial charge in [-0.15, -0.1) is 0 Å². The van der Waals surface area contributed by atoms with Crippen LogP contribution in [0.4, 0.5) is 19.0 Å². The topological polar surface area (TPSA) is 80.2 Å². The van der Waals surface area contributed by atoms with E-state index in [0.29, 0.717) is 46.4 Å². The lowest BCUT2D eigenvalue weighted by Crippen LogP contribution is -2.60. The van der Waals surface area contributed by atoms with Crippen LogP contribution in [0.2, 0.25) is 5.02 Å². The van der Waals surface area contributed by atoms with Gasteiger partial charge in [0.15, 0.2) is 0 Å². The fourth-order valence-electron chi connectivity index (χ4n) is 3.47. The third-order valence-electron chi connectivity index (χ3n) is 5.12. The van der Waals surface area contributed by atoms with Crippen molar-refractivity contribution in [3.63, 3.8) is 0 Å². The SMILES string of the molecule is COCC(=O)NC1CN(c2cnc(-c3ccc(C(F)(F)F)cc3)c(-c3ccncc3Cl)n2)C1. The Morgan fingerprint density at radius 2 is 1.91 bits per heavy atom. The molecule has 11 heteroatoms. The number of hydrogen-bond acceptors (Lipinski definition) is 6.